The van der Waals surface area contributed by atoms with E-state index in [1.807, 2.05) is 17.5 Å². The maximum Gasteiger partial charge on any atom is 0.198 e. The molecule has 110 valence electrons. The van der Waals surface area contributed by atoms with Gasteiger partial charge in [-0.2, -0.15) is 0 Å². The van der Waals surface area contributed by atoms with E-state index in [9.17, 15) is 13.6 Å². The first-order valence-electron chi connectivity index (χ1n) is 6.36. The van der Waals surface area contributed by atoms with Crippen LogP contribution in [0.1, 0.15) is 15.9 Å². The van der Waals surface area contributed by atoms with Crippen molar-refractivity contribution >= 4 is 22.8 Å². The Bertz CT molecular complexity index is 847. The van der Waals surface area contributed by atoms with Gasteiger partial charge in [-0.3, -0.25) is 9.78 Å². The number of nitrogens with zero attached hydrogens (tertiary/aromatic N) is 1. The number of benzene rings is 1. The van der Waals surface area contributed by atoms with Gasteiger partial charge >= 0.3 is 0 Å². The molecule has 2 N–H and O–H groups in total. The zero-order valence-corrected chi connectivity index (χ0v) is 12.0. The number of nitrogen functional groups attached to an aromatic ring is 1. The summed E-state index contributed by atoms with van der Waals surface area (Å²) in [5, 5.41) is 1.87. The molecule has 1 aromatic carbocycles. The molecular weight excluding hydrogens is 306 g/mol. The van der Waals surface area contributed by atoms with Crippen molar-refractivity contribution in [1.29, 1.82) is 0 Å². The topological polar surface area (TPSA) is 56.0 Å². The Morgan fingerprint density at radius 1 is 1.14 bits per heavy atom. The summed E-state index contributed by atoms with van der Waals surface area (Å²) in [7, 11) is 0. The van der Waals surface area contributed by atoms with E-state index in [4.69, 9.17) is 5.73 Å². The third-order valence-corrected chi connectivity index (χ3v) is 4.04. The summed E-state index contributed by atoms with van der Waals surface area (Å²) in [5.41, 5.74) is 6.59. The molecule has 0 aliphatic carbocycles. The predicted molar refractivity (Wildman–Crippen MR) is 81.8 cm³/mol. The van der Waals surface area contributed by atoms with Crippen LogP contribution in [0.2, 0.25) is 0 Å². The third kappa shape index (κ3) is 2.48. The average Bonchev–Trinajstić information content (AvgIpc) is 3.01. The van der Waals surface area contributed by atoms with Crippen LogP contribution in [-0.2, 0) is 0 Å². The number of carbonyl (C=O) groups excluding carboxylic acids is 1. The van der Waals surface area contributed by atoms with E-state index >= 15 is 0 Å². The zero-order chi connectivity index (χ0) is 15.7. The molecule has 3 aromatic rings. The van der Waals surface area contributed by atoms with Crippen LogP contribution >= 0.6 is 11.3 Å². The fourth-order valence-corrected chi connectivity index (χ4v) is 2.83. The van der Waals surface area contributed by atoms with Gasteiger partial charge in [0, 0.05) is 17.8 Å². The van der Waals surface area contributed by atoms with Gasteiger partial charge in [0.2, 0.25) is 0 Å². The molecule has 22 heavy (non-hydrogen) atoms. The Balaban J connectivity index is 2.09. The molecule has 3 rings (SSSR count). The molecule has 0 aliphatic rings. The lowest BCUT2D eigenvalue weighted by molar-refractivity contribution is 0.103. The van der Waals surface area contributed by atoms with Crippen molar-refractivity contribution in [2.24, 2.45) is 0 Å². The molecule has 0 aliphatic heterocycles. The Hall–Kier alpha value is -2.60. The molecule has 0 saturated carbocycles. The van der Waals surface area contributed by atoms with Gasteiger partial charge < -0.3 is 5.73 Å². The minimum absolute atomic E-state index is 0.143. The standard InChI is InChI=1S/C16H10F2N2OS/c17-9-3-4-10(12(18)8-9)16(21)11-5-6-20-15(14(11)19)13-2-1-7-22-13/h1-8H,19H2. The second kappa shape index (κ2) is 5.65. The number of ketones is 1. The number of aromatic nitrogens is 1. The lowest BCUT2D eigenvalue weighted by atomic mass is 10.0. The van der Waals surface area contributed by atoms with Crippen molar-refractivity contribution in [2.45, 2.75) is 0 Å². The second-order valence-corrected chi connectivity index (χ2v) is 5.50. The van der Waals surface area contributed by atoms with Crippen LogP contribution in [0.3, 0.4) is 0 Å². The number of hydrogen-bond acceptors (Lipinski definition) is 4. The van der Waals surface area contributed by atoms with E-state index in [0.717, 1.165) is 17.0 Å². The van der Waals surface area contributed by atoms with Crippen LogP contribution in [0.4, 0.5) is 14.5 Å². The molecule has 0 atom stereocenters. The molecular formula is C16H10F2N2OS. The van der Waals surface area contributed by atoms with Gasteiger partial charge in [0.05, 0.1) is 16.1 Å². The zero-order valence-electron chi connectivity index (χ0n) is 11.2. The Morgan fingerprint density at radius 2 is 1.95 bits per heavy atom. The molecule has 0 unspecified atom stereocenters. The number of pyridine rings is 1. The monoisotopic (exact) mass is 316 g/mol. The van der Waals surface area contributed by atoms with Crippen LogP contribution in [0, 0.1) is 11.6 Å². The van der Waals surface area contributed by atoms with Crippen molar-refractivity contribution in [2.75, 3.05) is 5.73 Å². The molecule has 0 amide bonds. The van der Waals surface area contributed by atoms with Crippen molar-refractivity contribution in [1.82, 2.24) is 4.98 Å². The molecule has 0 saturated heterocycles. The lowest BCUT2D eigenvalue weighted by Crippen LogP contribution is -2.09. The summed E-state index contributed by atoms with van der Waals surface area (Å²) in [4.78, 5) is 17.4. The number of halogens is 2. The number of carbonyl (C=O) groups is 1. The second-order valence-electron chi connectivity index (χ2n) is 4.55. The molecule has 2 heterocycles. The highest BCUT2D eigenvalue weighted by atomic mass is 32.1. The molecule has 0 bridgehead atoms. The molecule has 3 nitrogen and oxygen atoms in total. The van der Waals surface area contributed by atoms with Crippen LogP contribution in [-0.4, -0.2) is 10.8 Å². The van der Waals surface area contributed by atoms with E-state index in [2.05, 4.69) is 4.98 Å². The summed E-state index contributed by atoms with van der Waals surface area (Å²) in [5.74, 6) is -2.26. The van der Waals surface area contributed by atoms with Crippen LogP contribution < -0.4 is 5.73 Å². The van der Waals surface area contributed by atoms with Gasteiger partial charge in [-0.15, -0.1) is 11.3 Å². The number of rotatable bonds is 3. The Kier molecular flexibility index (Phi) is 3.68. The number of anilines is 1. The normalized spacial score (nSPS) is 10.6. The minimum atomic E-state index is -0.918. The van der Waals surface area contributed by atoms with Crippen LogP contribution in [0.15, 0.2) is 48.0 Å². The minimum Gasteiger partial charge on any atom is -0.396 e. The Labute approximate surface area is 129 Å². The summed E-state index contributed by atoms with van der Waals surface area (Å²) < 4.78 is 26.7. The maximum atomic E-state index is 13.8. The maximum absolute atomic E-state index is 13.8. The Morgan fingerprint density at radius 3 is 2.64 bits per heavy atom. The van der Waals surface area contributed by atoms with Gasteiger partial charge in [0.25, 0.3) is 0 Å². The largest absolute Gasteiger partial charge is 0.396 e. The summed E-state index contributed by atoms with van der Waals surface area (Å²) in [6, 6.07) is 7.92. The summed E-state index contributed by atoms with van der Waals surface area (Å²) in [6.07, 6.45) is 1.44. The van der Waals surface area contributed by atoms with E-state index in [-0.39, 0.29) is 16.8 Å². The molecule has 0 spiro atoms. The quantitative estimate of drug-likeness (QED) is 0.746. The number of thiophene rings is 1. The average molecular weight is 316 g/mol. The predicted octanol–water partition coefficient (Wildman–Crippen LogP) is 3.90. The van der Waals surface area contributed by atoms with E-state index in [1.54, 1.807) is 0 Å². The lowest BCUT2D eigenvalue weighted by Gasteiger charge is -2.09. The third-order valence-electron chi connectivity index (χ3n) is 3.17. The van der Waals surface area contributed by atoms with E-state index < -0.39 is 17.4 Å². The first-order chi connectivity index (χ1) is 10.6. The summed E-state index contributed by atoms with van der Waals surface area (Å²) in [6.45, 7) is 0. The van der Waals surface area contributed by atoms with Gasteiger partial charge in [-0.1, -0.05) is 6.07 Å². The highest BCUT2D eigenvalue weighted by Crippen LogP contribution is 2.31. The van der Waals surface area contributed by atoms with Crippen molar-refractivity contribution in [3.8, 4) is 10.6 Å². The van der Waals surface area contributed by atoms with Gasteiger partial charge in [-0.05, 0) is 29.6 Å². The number of nitrogens with two attached hydrogens (primary N) is 1. The highest BCUT2D eigenvalue weighted by Gasteiger charge is 2.19. The molecule has 2 aromatic heterocycles. The van der Waals surface area contributed by atoms with E-state index in [0.29, 0.717) is 11.8 Å². The number of hydrogen-bond donors (Lipinski definition) is 1. The fraction of sp³-hybridized carbons (Fsp3) is 0. The van der Waals surface area contributed by atoms with Crippen molar-refractivity contribution in [3.63, 3.8) is 0 Å². The van der Waals surface area contributed by atoms with Gasteiger partial charge in [-0.25, -0.2) is 8.78 Å². The van der Waals surface area contributed by atoms with E-state index in [1.165, 1.54) is 23.6 Å². The first-order valence-corrected chi connectivity index (χ1v) is 7.24. The summed E-state index contributed by atoms with van der Waals surface area (Å²) >= 11 is 1.43. The van der Waals surface area contributed by atoms with Crippen molar-refractivity contribution < 1.29 is 13.6 Å². The fourth-order valence-electron chi connectivity index (χ4n) is 2.10. The molecule has 0 radical (unpaired) electrons. The van der Waals surface area contributed by atoms with Crippen molar-refractivity contribution in [3.05, 3.63) is 70.7 Å². The molecule has 6 heteroatoms. The SMILES string of the molecule is Nc1c(C(=O)c2ccc(F)cc2F)ccnc1-c1cccs1. The smallest absolute Gasteiger partial charge is 0.198 e. The molecule has 0 fully saturated rings. The van der Waals surface area contributed by atoms with Gasteiger partial charge in [0.1, 0.15) is 17.3 Å². The van der Waals surface area contributed by atoms with Gasteiger partial charge in [0.15, 0.2) is 5.78 Å². The van der Waals surface area contributed by atoms with Crippen LogP contribution in [0.5, 0.6) is 0 Å². The highest BCUT2D eigenvalue weighted by molar-refractivity contribution is 7.13. The first kappa shape index (κ1) is 14.3. The van der Waals surface area contributed by atoms with Crippen LogP contribution in [0.25, 0.3) is 10.6 Å².